The van der Waals surface area contributed by atoms with Gasteiger partial charge in [0.1, 0.15) is 18.1 Å². The van der Waals surface area contributed by atoms with Crippen molar-refractivity contribution in [3.05, 3.63) is 89.5 Å². The third-order valence-corrected chi connectivity index (χ3v) is 5.56. The lowest BCUT2D eigenvalue weighted by atomic mass is 10.1. The van der Waals surface area contributed by atoms with E-state index < -0.39 is 0 Å². The summed E-state index contributed by atoms with van der Waals surface area (Å²) < 4.78 is 11.4. The highest BCUT2D eigenvalue weighted by Crippen LogP contribution is 2.28. The van der Waals surface area contributed by atoms with Crippen LogP contribution in [0.15, 0.2) is 72.8 Å². The normalized spacial score (nSPS) is 13.7. The maximum absolute atomic E-state index is 13.1. The fourth-order valence-corrected chi connectivity index (χ4v) is 3.91. The molecule has 1 saturated heterocycles. The Bertz CT molecular complexity index is 1040. The number of methoxy groups -OCH3 is 1. The van der Waals surface area contributed by atoms with Gasteiger partial charge in [0.15, 0.2) is 0 Å². The van der Waals surface area contributed by atoms with Crippen molar-refractivity contribution >= 4 is 11.6 Å². The maximum atomic E-state index is 13.1. The summed E-state index contributed by atoms with van der Waals surface area (Å²) in [6.45, 7) is 5.44. The van der Waals surface area contributed by atoms with E-state index in [1.165, 1.54) is 5.56 Å². The van der Waals surface area contributed by atoms with Crippen LogP contribution in [0, 0.1) is 6.92 Å². The lowest BCUT2D eigenvalue weighted by molar-refractivity contribution is 0.0746. The average molecular weight is 417 g/mol. The van der Waals surface area contributed by atoms with Crippen LogP contribution in [0.4, 0.5) is 5.69 Å². The van der Waals surface area contributed by atoms with Gasteiger partial charge in [0.2, 0.25) is 0 Å². The largest absolute Gasteiger partial charge is 0.495 e. The van der Waals surface area contributed by atoms with Crippen LogP contribution in [0.3, 0.4) is 0 Å². The van der Waals surface area contributed by atoms with Gasteiger partial charge in [-0.05, 0) is 42.8 Å². The van der Waals surface area contributed by atoms with Gasteiger partial charge in [-0.1, -0.05) is 48.0 Å². The van der Waals surface area contributed by atoms with Crippen LogP contribution >= 0.6 is 0 Å². The summed E-state index contributed by atoms with van der Waals surface area (Å²) in [7, 11) is 1.69. The minimum atomic E-state index is 0.0423. The molecule has 1 heterocycles. The Morgan fingerprint density at radius 3 is 2.45 bits per heavy atom. The Morgan fingerprint density at radius 2 is 1.68 bits per heavy atom. The number of benzene rings is 3. The van der Waals surface area contributed by atoms with Gasteiger partial charge < -0.3 is 19.3 Å². The summed E-state index contributed by atoms with van der Waals surface area (Å²) in [5.41, 5.74) is 4.05. The minimum absolute atomic E-state index is 0.0423. The number of para-hydroxylation sites is 2. The number of hydrogen-bond donors (Lipinski definition) is 0. The zero-order valence-corrected chi connectivity index (χ0v) is 18.1. The zero-order chi connectivity index (χ0) is 21.6. The van der Waals surface area contributed by atoms with Crippen molar-refractivity contribution in [1.29, 1.82) is 0 Å². The van der Waals surface area contributed by atoms with Crippen LogP contribution in [0.25, 0.3) is 0 Å². The number of ether oxygens (including phenoxy) is 2. The molecule has 1 fully saturated rings. The van der Waals surface area contributed by atoms with E-state index in [9.17, 15) is 4.79 Å². The van der Waals surface area contributed by atoms with Crippen molar-refractivity contribution in [2.24, 2.45) is 0 Å². The number of rotatable bonds is 6. The number of aryl methyl sites for hydroxylation is 1. The molecule has 1 aliphatic rings. The number of piperazine rings is 1. The molecule has 1 amide bonds. The number of hydrogen-bond acceptors (Lipinski definition) is 4. The minimum Gasteiger partial charge on any atom is -0.495 e. The first-order chi connectivity index (χ1) is 15.1. The number of carbonyl (C=O) groups excluding carboxylic acids is 1. The predicted octanol–water partition coefficient (Wildman–Crippen LogP) is 4.55. The fraction of sp³-hybridized carbons (Fsp3) is 0.269. The zero-order valence-electron chi connectivity index (χ0n) is 18.1. The van der Waals surface area contributed by atoms with Gasteiger partial charge in [-0.15, -0.1) is 0 Å². The number of amides is 1. The molecule has 0 bridgehead atoms. The van der Waals surface area contributed by atoms with Crippen molar-refractivity contribution in [2.75, 3.05) is 38.2 Å². The second-order valence-electron chi connectivity index (χ2n) is 7.76. The topological polar surface area (TPSA) is 42.0 Å². The molecule has 0 saturated carbocycles. The monoisotopic (exact) mass is 416 g/mol. The highest BCUT2D eigenvalue weighted by Gasteiger charge is 2.24. The van der Waals surface area contributed by atoms with E-state index in [2.05, 4.69) is 30.0 Å². The number of nitrogens with zero attached hydrogens (tertiary/aromatic N) is 2. The third-order valence-electron chi connectivity index (χ3n) is 5.56. The number of anilines is 1. The molecule has 4 rings (SSSR count). The molecule has 0 N–H and O–H groups in total. The summed E-state index contributed by atoms with van der Waals surface area (Å²) >= 11 is 0. The standard InChI is InChI=1S/C26H28N2O3/c1-20-7-5-8-21(17-20)19-31-23-10-6-9-22(18-23)26(29)28-15-13-27(14-16-28)24-11-3-4-12-25(24)30-2/h3-12,17-18H,13-16,19H2,1-2H3. The second kappa shape index (κ2) is 9.56. The van der Waals surface area contributed by atoms with Crippen molar-refractivity contribution in [3.8, 4) is 11.5 Å². The van der Waals surface area contributed by atoms with E-state index in [1.54, 1.807) is 7.11 Å². The SMILES string of the molecule is COc1ccccc1N1CCN(C(=O)c2cccc(OCc3cccc(C)c3)c2)CC1. The molecule has 0 unspecified atom stereocenters. The van der Waals surface area contributed by atoms with Gasteiger partial charge in [0, 0.05) is 31.7 Å². The van der Waals surface area contributed by atoms with Crippen LogP contribution in [0.2, 0.25) is 0 Å². The molecule has 0 spiro atoms. The molecule has 3 aromatic rings. The van der Waals surface area contributed by atoms with Crippen LogP contribution in [-0.2, 0) is 6.61 Å². The second-order valence-corrected chi connectivity index (χ2v) is 7.76. The lowest BCUT2D eigenvalue weighted by Crippen LogP contribution is -2.48. The Morgan fingerprint density at radius 1 is 0.903 bits per heavy atom. The molecule has 0 radical (unpaired) electrons. The molecular formula is C26H28N2O3. The third kappa shape index (κ3) is 5.00. The predicted molar refractivity (Wildman–Crippen MR) is 123 cm³/mol. The molecule has 1 aliphatic heterocycles. The van der Waals surface area contributed by atoms with Crippen LogP contribution in [-0.4, -0.2) is 44.1 Å². The van der Waals surface area contributed by atoms with Gasteiger partial charge in [-0.2, -0.15) is 0 Å². The van der Waals surface area contributed by atoms with E-state index in [4.69, 9.17) is 9.47 Å². The Hall–Kier alpha value is -3.47. The highest BCUT2D eigenvalue weighted by molar-refractivity contribution is 5.94. The van der Waals surface area contributed by atoms with Crippen LogP contribution < -0.4 is 14.4 Å². The van der Waals surface area contributed by atoms with Gasteiger partial charge in [-0.3, -0.25) is 4.79 Å². The van der Waals surface area contributed by atoms with E-state index in [1.807, 2.05) is 59.5 Å². The Labute approximate surface area is 183 Å². The molecule has 3 aromatic carbocycles. The first-order valence-electron chi connectivity index (χ1n) is 10.6. The summed E-state index contributed by atoms with van der Waals surface area (Å²) in [5, 5.41) is 0. The average Bonchev–Trinajstić information content (AvgIpc) is 2.82. The molecule has 0 aliphatic carbocycles. The smallest absolute Gasteiger partial charge is 0.254 e. The van der Waals surface area contributed by atoms with Crippen LogP contribution in [0.5, 0.6) is 11.5 Å². The van der Waals surface area contributed by atoms with Gasteiger partial charge >= 0.3 is 0 Å². The summed E-state index contributed by atoms with van der Waals surface area (Å²) in [6.07, 6.45) is 0. The van der Waals surface area contributed by atoms with Crippen molar-refractivity contribution < 1.29 is 14.3 Å². The molecule has 5 heteroatoms. The van der Waals surface area contributed by atoms with Gasteiger partial charge in [0.25, 0.3) is 5.91 Å². The molecule has 31 heavy (non-hydrogen) atoms. The van der Waals surface area contributed by atoms with E-state index in [0.717, 1.165) is 30.1 Å². The van der Waals surface area contributed by atoms with Crippen molar-refractivity contribution in [2.45, 2.75) is 13.5 Å². The highest BCUT2D eigenvalue weighted by atomic mass is 16.5. The molecule has 0 aromatic heterocycles. The van der Waals surface area contributed by atoms with E-state index in [0.29, 0.717) is 31.0 Å². The Balaban J connectivity index is 1.37. The summed E-state index contributed by atoms with van der Waals surface area (Å²) in [6, 6.07) is 23.7. The lowest BCUT2D eigenvalue weighted by Gasteiger charge is -2.36. The maximum Gasteiger partial charge on any atom is 0.254 e. The summed E-state index contributed by atoms with van der Waals surface area (Å²) in [5.74, 6) is 1.61. The van der Waals surface area contributed by atoms with Gasteiger partial charge in [0.05, 0.1) is 12.8 Å². The quantitative estimate of drug-likeness (QED) is 0.591. The molecular weight excluding hydrogens is 388 g/mol. The molecule has 0 atom stereocenters. The van der Waals surface area contributed by atoms with Crippen LogP contribution in [0.1, 0.15) is 21.5 Å². The fourth-order valence-electron chi connectivity index (χ4n) is 3.91. The van der Waals surface area contributed by atoms with E-state index in [-0.39, 0.29) is 5.91 Å². The molecule has 5 nitrogen and oxygen atoms in total. The Kier molecular flexibility index (Phi) is 6.41. The first-order valence-corrected chi connectivity index (χ1v) is 10.6. The van der Waals surface area contributed by atoms with Crippen molar-refractivity contribution in [3.63, 3.8) is 0 Å². The van der Waals surface area contributed by atoms with Gasteiger partial charge in [-0.25, -0.2) is 0 Å². The van der Waals surface area contributed by atoms with Crippen molar-refractivity contribution in [1.82, 2.24) is 4.90 Å². The first kappa shape index (κ1) is 20.8. The number of carbonyl (C=O) groups is 1. The molecule has 160 valence electrons. The summed E-state index contributed by atoms with van der Waals surface area (Å²) in [4.78, 5) is 17.2. The van der Waals surface area contributed by atoms with E-state index >= 15 is 0 Å².